The molecule has 0 saturated carbocycles. The van der Waals surface area contributed by atoms with Crippen LogP contribution in [0.25, 0.3) is 11.0 Å². The molecule has 1 aromatic carbocycles. The minimum atomic E-state index is -1.38. The molecule has 0 fully saturated rings. The van der Waals surface area contributed by atoms with E-state index in [2.05, 4.69) is 9.97 Å². The van der Waals surface area contributed by atoms with Crippen LogP contribution in [0.4, 0.5) is 0 Å². The summed E-state index contributed by atoms with van der Waals surface area (Å²) in [6, 6.07) is 3.16. The summed E-state index contributed by atoms with van der Waals surface area (Å²) in [6.07, 6.45) is 0. The van der Waals surface area contributed by atoms with Crippen LogP contribution in [0.5, 0.6) is 0 Å². The number of halogens is 2. The van der Waals surface area contributed by atoms with Crippen molar-refractivity contribution in [3.63, 3.8) is 0 Å². The predicted molar refractivity (Wildman–Crippen MR) is 50.4 cm³/mol. The van der Waals surface area contributed by atoms with Crippen molar-refractivity contribution in [1.29, 1.82) is 0 Å². The van der Waals surface area contributed by atoms with Crippen LogP contribution in [0.15, 0.2) is 12.1 Å². The molecule has 0 radical (unpaired) electrons. The van der Waals surface area contributed by atoms with E-state index in [1.54, 1.807) is 12.1 Å². The van der Waals surface area contributed by atoms with E-state index >= 15 is 0 Å². The van der Waals surface area contributed by atoms with Gasteiger partial charge in [-0.15, -0.1) is 0 Å². The molecule has 0 unspecified atom stereocenters. The zero-order valence-electron chi connectivity index (χ0n) is 7.67. The van der Waals surface area contributed by atoms with Crippen molar-refractivity contribution in [2.45, 2.75) is 0 Å². The number of rotatable bonds is 1. The first-order chi connectivity index (χ1) is 6.59. The Morgan fingerprint density at radius 2 is 2.07 bits per heavy atom. The van der Waals surface area contributed by atoms with Crippen LogP contribution in [0.2, 0.25) is 10.0 Å². The zero-order chi connectivity index (χ0) is 10.3. The number of aromatic nitrogens is 2. The molecule has 2 rings (SSSR count). The van der Waals surface area contributed by atoms with Gasteiger partial charge in [-0.25, -0.2) is 4.98 Å². The van der Waals surface area contributed by atoms with Gasteiger partial charge in [0.1, 0.15) is 11.5 Å². The fourth-order valence-electron chi connectivity index (χ4n) is 1.11. The number of imidazole rings is 1. The Morgan fingerprint density at radius 3 is 2.67 bits per heavy atom. The monoisotopic (exact) mass is 236 g/mol. The van der Waals surface area contributed by atoms with Gasteiger partial charge in [0, 0.05) is 0 Å². The summed E-state index contributed by atoms with van der Waals surface area (Å²) in [6.45, 7) is 0. The number of carbonyl (C=O) groups excluding carboxylic acids is 1. The summed E-state index contributed by atoms with van der Waals surface area (Å²) in [4.78, 5) is 16.8. The smallest absolute Gasteiger partial charge is 0.542 e. The molecule has 15 heavy (non-hydrogen) atoms. The van der Waals surface area contributed by atoms with Gasteiger partial charge in [-0.1, -0.05) is 23.2 Å². The summed E-state index contributed by atoms with van der Waals surface area (Å²) < 4.78 is 0. The molecule has 7 heteroatoms. The molecular formula is C8H3Cl2LiN2O2. The Bertz CT molecular complexity index is 527. The second-order valence-electron chi connectivity index (χ2n) is 2.63. The predicted octanol–water partition coefficient (Wildman–Crippen LogP) is -1.76. The van der Waals surface area contributed by atoms with Gasteiger partial charge in [0.25, 0.3) is 0 Å². The third-order valence-electron chi connectivity index (χ3n) is 1.74. The van der Waals surface area contributed by atoms with Gasteiger partial charge in [0.2, 0.25) is 0 Å². The number of nitrogens with one attached hydrogen (secondary N) is 1. The maximum atomic E-state index is 10.5. The molecule has 72 valence electrons. The van der Waals surface area contributed by atoms with Crippen LogP contribution in [0, 0.1) is 0 Å². The minimum absolute atomic E-state index is 0. The summed E-state index contributed by atoms with van der Waals surface area (Å²) >= 11 is 11.5. The third-order valence-corrected chi connectivity index (χ3v) is 2.53. The van der Waals surface area contributed by atoms with Crippen LogP contribution in [-0.2, 0) is 0 Å². The summed E-state index contributed by atoms with van der Waals surface area (Å²) in [5, 5.41) is 11.0. The molecule has 4 nitrogen and oxygen atoms in total. The molecule has 1 N–H and O–H groups in total. The molecule has 0 spiro atoms. The normalized spacial score (nSPS) is 10.0. The average Bonchev–Trinajstić information content (AvgIpc) is 2.56. The molecule has 0 amide bonds. The Kier molecular flexibility index (Phi) is 3.69. The standard InChI is InChI=1S/C8H4Cl2N2O2.Li/c9-3-1-2-4-6(5(3)10)12-7(11-4)8(13)14;/h1-2H,(H,11,12)(H,13,14);/q;+1/p-1. The van der Waals surface area contributed by atoms with Gasteiger partial charge < -0.3 is 14.9 Å². The van der Waals surface area contributed by atoms with Crippen molar-refractivity contribution in [1.82, 2.24) is 9.97 Å². The van der Waals surface area contributed by atoms with Crippen molar-refractivity contribution in [2.24, 2.45) is 0 Å². The van der Waals surface area contributed by atoms with Gasteiger partial charge in [0.15, 0.2) is 5.82 Å². The van der Waals surface area contributed by atoms with E-state index in [9.17, 15) is 9.90 Å². The largest absolute Gasteiger partial charge is 1.00 e. The van der Waals surface area contributed by atoms with Gasteiger partial charge >= 0.3 is 18.9 Å². The molecule has 1 heterocycles. The van der Waals surface area contributed by atoms with E-state index in [1.807, 2.05) is 0 Å². The van der Waals surface area contributed by atoms with Crippen LogP contribution < -0.4 is 24.0 Å². The molecule has 0 aliphatic carbocycles. The molecule has 1 aromatic heterocycles. The Hall–Kier alpha value is -0.663. The van der Waals surface area contributed by atoms with Crippen LogP contribution in [0.3, 0.4) is 0 Å². The summed E-state index contributed by atoms with van der Waals surface area (Å²) in [5.41, 5.74) is 0.844. The number of carbonyl (C=O) groups is 1. The van der Waals surface area contributed by atoms with E-state index in [4.69, 9.17) is 23.2 Å². The topological polar surface area (TPSA) is 68.8 Å². The maximum absolute atomic E-state index is 10.5. The average molecular weight is 237 g/mol. The van der Waals surface area contributed by atoms with E-state index < -0.39 is 5.97 Å². The molecule has 0 aliphatic heterocycles. The van der Waals surface area contributed by atoms with Crippen molar-refractivity contribution in [3.05, 3.63) is 28.0 Å². The van der Waals surface area contributed by atoms with Gasteiger partial charge in [0.05, 0.1) is 15.6 Å². The first-order valence-electron chi connectivity index (χ1n) is 3.64. The number of hydrogen-bond acceptors (Lipinski definition) is 3. The van der Waals surface area contributed by atoms with Crippen molar-refractivity contribution in [3.8, 4) is 0 Å². The first-order valence-corrected chi connectivity index (χ1v) is 4.40. The number of benzene rings is 1. The molecule has 0 saturated heterocycles. The van der Waals surface area contributed by atoms with E-state index in [1.165, 1.54) is 0 Å². The number of carboxylic acids is 1. The molecular weight excluding hydrogens is 234 g/mol. The number of aromatic carboxylic acids is 1. The van der Waals surface area contributed by atoms with Crippen LogP contribution in [0.1, 0.15) is 10.6 Å². The van der Waals surface area contributed by atoms with E-state index in [-0.39, 0.29) is 29.7 Å². The van der Waals surface area contributed by atoms with Gasteiger partial charge in [-0.05, 0) is 12.1 Å². The number of carboxylic acid groups (broad SMARTS) is 1. The number of nitrogens with zero attached hydrogens (tertiary/aromatic N) is 1. The van der Waals surface area contributed by atoms with Gasteiger partial charge in [-0.3, -0.25) is 0 Å². The van der Waals surface area contributed by atoms with Crippen molar-refractivity contribution < 1.29 is 28.8 Å². The zero-order valence-corrected chi connectivity index (χ0v) is 9.19. The second kappa shape index (κ2) is 4.46. The van der Waals surface area contributed by atoms with Crippen LogP contribution >= 0.6 is 23.2 Å². The van der Waals surface area contributed by atoms with Crippen molar-refractivity contribution in [2.75, 3.05) is 0 Å². The third kappa shape index (κ3) is 2.13. The number of hydrogen-bond donors (Lipinski definition) is 1. The fraction of sp³-hybridized carbons (Fsp3) is 0. The maximum Gasteiger partial charge on any atom is 1.00 e. The SMILES string of the molecule is O=C([O-])c1nc2c(Cl)c(Cl)ccc2[nH]1.[Li+]. The van der Waals surface area contributed by atoms with Crippen molar-refractivity contribution >= 4 is 40.2 Å². The molecule has 2 aromatic rings. The first kappa shape index (κ1) is 12.4. The van der Waals surface area contributed by atoms with E-state index in [0.717, 1.165) is 0 Å². The Balaban J connectivity index is 0.00000112. The quantitative estimate of drug-likeness (QED) is 0.597. The Morgan fingerprint density at radius 1 is 1.40 bits per heavy atom. The number of fused-ring (bicyclic) bond motifs is 1. The number of aromatic amines is 1. The fourth-order valence-corrected chi connectivity index (χ4v) is 1.47. The minimum Gasteiger partial charge on any atom is -0.542 e. The molecule has 0 bridgehead atoms. The molecule has 0 aliphatic rings. The Labute approximate surface area is 107 Å². The summed E-state index contributed by atoms with van der Waals surface area (Å²) in [7, 11) is 0. The number of H-pyrrole nitrogens is 1. The summed E-state index contributed by atoms with van der Waals surface area (Å²) in [5.74, 6) is -1.64. The van der Waals surface area contributed by atoms with Gasteiger partial charge in [-0.2, -0.15) is 0 Å². The van der Waals surface area contributed by atoms with E-state index in [0.29, 0.717) is 16.1 Å². The molecule has 0 atom stereocenters. The van der Waals surface area contributed by atoms with Crippen LogP contribution in [-0.4, -0.2) is 15.9 Å². The second-order valence-corrected chi connectivity index (χ2v) is 3.42.